The number of para-hydroxylation sites is 1. The Kier molecular flexibility index (Phi) is 7.16. The molecule has 2 N–H and O–H groups in total. The maximum Gasteiger partial charge on any atom is 0.269 e. The molecule has 1 heterocycles. The van der Waals surface area contributed by atoms with Gasteiger partial charge in [0, 0.05) is 25.0 Å². The summed E-state index contributed by atoms with van der Waals surface area (Å²) in [5.41, 5.74) is 3.26. The van der Waals surface area contributed by atoms with Gasteiger partial charge in [0.05, 0.1) is 7.11 Å². The molecule has 1 amide bonds. The molecule has 2 aromatic carbocycles. The average Bonchev–Trinajstić information content (AvgIpc) is 2.75. The van der Waals surface area contributed by atoms with E-state index in [4.69, 9.17) is 4.74 Å². The first-order valence-corrected chi connectivity index (χ1v) is 9.50. The first kappa shape index (κ1) is 20.3. The number of ether oxygens (including phenoxy) is 1. The number of carbonyl (C=O) groups excluding carboxylic acids is 1. The molecule has 0 fully saturated rings. The fourth-order valence-electron chi connectivity index (χ4n) is 2.98. The number of rotatable bonds is 9. The average molecular weight is 393 g/mol. The van der Waals surface area contributed by atoms with Crippen molar-refractivity contribution in [2.75, 3.05) is 25.5 Å². The molecule has 0 aliphatic heterocycles. The predicted molar refractivity (Wildman–Crippen MR) is 112 cm³/mol. The minimum atomic E-state index is -0.239. The highest BCUT2D eigenvalue weighted by Gasteiger charge is 2.08. The highest BCUT2D eigenvalue weighted by Crippen LogP contribution is 2.17. The summed E-state index contributed by atoms with van der Waals surface area (Å²) in [5.74, 6) is 0.353. The second-order valence-electron chi connectivity index (χ2n) is 6.55. The third kappa shape index (κ3) is 6.04. The van der Waals surface area contributed by atoms with E-state index in [9.17, 15) is 9.18 Å². The number of anilines is 1. The lowest BCUT2D eigenvalue weighted by atomic mass is 10.1. The van der Waals surface area contributed by atoms with E-state index in [1.165, 1.54) is 12.1 Å². The molecule has 0 bridgehead atoms. The van der Waals surface area contributed by atoms with Crippen LogP contribution in [0.1, 0.15) is 21.6 Å². The lowest BCUT2D eigenvalue weighted by Crippen LogP contribution is -2.26. The number of hydrogen-bond acceptors (Lipinski definition) is 4. The molecule has 0 radical (unpaired) electrons. The van der Waals surface area contributed by atoms with E-state index in [-0.39, 0.29) is 11.7 Å². The second kappa shape index (κ2) is 10.2. The van der Waals surface area contributed by atoms with Gasteiger partial charge in [-0.25, -0.2) is 4.39 Å². The SMILES string of the molecule is COc1ccccc1CCNC(=O)c1cc(NCCc2ccc(F)cc2)ccn1. The van der Waals surface area contributed by atoms with Gasteiger partial charge in [0.1, 0.15) is 17.3 Å². The Labute approximate surface area is 169 Å². The van der Waals surface area contributed by atoms with Crippen LogP contribution < -0.4 is 15.4 Å². The van der Waals surface area contributed by atoms with Crippen LogP contribution in [0.3, 0.4) is 0 Å². The number of carbonyl (C=O) groups is 1. The number of amides is 1. The van der Waals surface area contributed by atoms with Crippen molar-refractivity contribution in [2.45, 2.75) is 12.8 Å². The van der Waals surface area contributed by atoms with Gasteiger partial charge < -0.3 is 15.4 Å². The summed E-state index contributed by atoms with van der Waals surface area (Å²) < 4.78 is 18.3. The lowest BCUT2D eigenvalue weighted by Gasteiger charge is -2.10. The van der Waals surface area contributed by atoms with Gasteiger partial charge >= 0.3 is 0 Å². The van der Waals surface area contributed by atoms with Crippen LogP contribution in [-0.4, -0.2) is 31.1 Å². The molecule has 0 unspecified atom stereocenters. The van der Waals surface area contributed by atoms with Crippen LogP contribution in [0.25, 0.3) is 0 Å². The van der Waals surface area contributed by atoms with Crippen molar-refractivity contribution in [3.05, 3.63) is 89.5 Å². The third-order valence-corrected chi connectivity index (χ3v) is 4.52. The fourth-order valence-corrected chi connectivity index (χ4v) is 2.98. The Morgan fingerprint density at radius 3 is 2.62 bits per heavy atom. The van der Waals surface area contributed by atoms with Crippen molar-refractivity contribution in [1.82, 2.24) is 10.3 Å². The molecule has 6 heteroatoms. The summed E-state index contributed by atoms with van der Waals surface area (Å²) in [6.07, 6.45) is 3.03. The smallest absolute Gasteiger partial charge is 0.269 e. The third-order valence-electron chi connectivity index (χ3n) is 4.52. The summed E-state index contributed by atoms with van der Waals surface area (Å²) in [7, 11) is 1.63. The number of aromatic nitrogens is 1. The first-order valence-electron chi connectivity index (χ1n) is 9.50. The number of halogens is 1. The normalized spacial score (nSPS) is 10.4. The summed E-state index contributed by atoms with van der Waals surface area (Å²) in [4.78, 5) is 16.6. The van der Waals surface area contributed by atoms with Gasteiger partial charge in [0.2, 0.25) is 0 Å². The van der Waals surface area contributed by atoms with E-state index in [0.29, 0.717) is 25.2 Å². The molecule has 150 valence electrons. The van der Waals surface area contributed by atoms with Gasteiger partial charge in [-0.05, 0) is 54.3 Å². The van der Waals surface area contributed by atoms with Gasteiger partial charge in [-0.1, -0.05) is 30.3 Å². The topological polar surface area (TPSA) is 63.2 Å². The van der Waals surface area contributed by atoms with Crippen LogP contribution in [0.5, 0.6) is 5.75 Å². The van der Waals surface area contributed by atoms with Crippen molar-refractivity contribution >= 4 is 11.6 Å². The zero-order chi connectivity index (χ0) is 20.5. The van der Waals surface area contributed by atoms with Crippen molar-refractivity contribution in [3.63, 3.8) is 0 Å². The minimum absolute atomic E-state index is 0.220. The Bertz CT molecular complexity index is 945. The minimum Gasteiger partial charge on any atom is -0.496 e. The maximum atomic E-state index is 13.0. The van der Waals surface area contributed by atoms with E-state index in [1.807, 2.05) is 30.3 Å². The molecule has 5 nitrogen and oxygen atoms in total. The van der Waals surface area contributed by atoms with Gasteiger partial charge in [0.25, 0.3) is 5.91 Å². The molecule has 3 aromatic rings. The molecule has 0 spiro atoms. The Balaban J connectivity index is 1.49. The number of benzene rings is 2. The molecule has 3 rings (SSSR count). The lowest BCUT2D eigenvalue weighted by molar-refractivity contribution is 0.0949. The monoisotopic (exact) mass is 393 g/mol. The van der Waals surface area contributed by atoms with E-state index in [2.05, 4.69) is 15.6 Å². The van der Waals surface area contributed by atoms with Crippen LogP contribution in [0.15, 0.2) is 66.9 Å². The van der Waals surface area contributed by atoms with Gasteiger partial charge in [0.15, 0.2) is 0 Å². The highest BCUT2D eigenvalue weighted by molar-refractivity contribution is 5.93. The molecule has 0 saturated carbocycles. The summed E-state index contributed by atoms with van der Waals surface area (Å²) in [6, 6.07) is 17.7. The zero-order valence-corrected chi connectivity index (χ0v) is 16.3. The van der Waals surface area contributed by atoms with Crippen molar-refractivity contribution in [2.24, 2.45) is 0 Å². The van der Waals surface area contributed by atoms with Crippen LogP contribution >= 0.6 is 0 Å². The molecule has 0 atom stereocenters. The van der Waals surface area contributed by atoms with Gasteiger partial charge in [-0.3, -0.25) is 9.78 Å². The van der Waals surface area contributed by atoms with Crippen LogP contribution in [-0.2, 0) is 12.8 Å². The van der Waals surface area contributed by atoms with Crippen LogP contribution in [0.2, 0.25) is 0 Å². The molecule has 29 heavy (non-hydrogen) atoms. The van der Waals surface area contributed by atoms with Crippen LogP contribution in [0.4, 0.5) is 10.1 Å². The Hall–Kier alpha value is -3.41. The van der Waals surface area contributed by atoms with E-state index in [1.54, 1.807) is 31.5 Å². The van der Waals surface area contributed by atoms with Crippen LogP contribution in [0, 0.1) is 5.82 Å². The summed E-state index contributed by atoms with van der Waals surface area (Å²) in [5, 5.41) is 6.16. The van der Waals surface area contributed by atoms with E-state index >= 15 is 0 Å². The van der Waals surface area contributed by atoms with Gasteiger partial charge in [-0.2, -0.15) is 0 Å². The number of pyridine rings is 1. The zero-order valence-electron chi connectivity index (χ0n) is 16.3. The summed E-state index contributed by atoms with van der Waals surface area (Å²) in [6.45, 7) is 1.16. The number of hydrogen-bond donors (Lipinski definition) is 2. The Morgan fingerprint density at radius 2 is 1.83 bits per heavy atom. The molecule has 0 saturated heterocycles. The molecule has 0 aliphatic carbocycles. The largest absolute Gasteiger partial charge is 0.496 e. The van der Waals surface area contributed by atoms with Crippen molar-refractivity contribution in [1.29, 1.82) is 0 Å². The predicted octanol–water partition coefficient (Wildman–Crippen LogP) is 3.86. The second-order valence-corrected chi connectivity index (χ2v) is 6.55. The maximum absolute atomic E-state index is 13.0. The Morgan fingerprint density at radius 1 is 1.03 bits per heavy atom. The molecule has 1 aromatic heterocycles. The quantitative estimate of drug-likeness (QED) is 0.580. The standard InChI is InChI=1S/C23H24FN3O2/c1-29-22-5-3-2-4-18(22)11-14-27-23(28)21-16-20(12-15-26-21)25-13-10-17-6-8-19(24)9-7-17/h2-9,12,15-16H,10-11,13-14H2,1H3,(H,25,26)(H,27,28). The number of nitrogens with zero attached hydrogens (tertiary/aromatic N) is 1. The first-order chi connectivity index (χ1) is 14.2. The van der Waals surface area contributed by atoms with E-state index < -0.39 is 0 Å². The van der Waals surface area contributed by atoms with Crippen molar-refractivity contribution in [3.8, 4) is 5.75 Å². The molecular formula is C23H24FN3O2. The molecular weight excluding hydrogens is 369 g/mol. The summed E-state index contributed by atoms with van der Waals surface area (Å²) >= 11 is 0. The van der Waals surface area contributed by atoms with Crippen molar-refractivity contribution < 1.29 is 13.9 Å². The van der Waals surface area contributed by atoms with Gasteiger partial charge in [-0.15, -0.1) is 0 Å². The number of nitrogens with one attached hydrogen (secondary N) is 2. The number of methoxy groups -OCH3 is 1. The fraction of sp³-hybridized carbons (Fsp3) is 0.217. The molecule has 0 aliphatic rings. The van der Waals surface area contributed by atoms with E-state index in [0.717, 1.165) is 29.0 Å². The highest BCUT2D eigenvalue weighted by atomic mass is 19.1.